The van der Waals surface area contributed by atoms with Gasteiger partial charge in [-0.05, 0) is 64.7 Å². The summed E-state index contributed by atoms with van der Waals surface area (Å²) in [6, 6.07) is 15.8. The molecule has 0 aliphatic carbocycles. The molecule has 0 amide bonds. The first-order valence-electron chi connectivity index (χ1n) is 10.4. The summed E-state index contributed by atoms with van der Waals surface area (Å²) in [7, 11) is 0. The quantitative estimate of drug-likeness (QED) is 0.309. The normalized spacial score (nSPS) is 9.93. The fourth-order valence-corrected chi connectivity index (χ4v) is 1.67. The molecule has 0 heterocycles. The van der Waals surface area contributed by atoms with Gasteiger partial charge in [0.15, 0.2) is 0 Å². The molecular formula is C26H38O4. The third kappa shape index (κ3) is 13.3. The fraction of sp³-hybridized carbons (Fsp3) is 0.385. The summed E-state index contributed by atoms with van der Waals surface area (Å²) < 4.78 is 0. The fourth-order valence-electron chi connectivity index (χ4n) is 1.67. The van der Waals surface area contributed by atoms with E-state index in [2.05, 4.69) is 41.5 Å². The van der Waals surface area contributed by atoms with Gasteiger partial charge in [0.2, 0.25) is 0 Å². The molecule has 3 aromatic rings. The molecule has 30 heavy (non-hydrogen) atoms. The molecule has 0 aliphatic rings. The van der Waals surface area contributed by atoms with Gasteiger partial charge in [0.1, 0.15) is 23.0 Å². The molecule has 0 aliphatic heterocycles. The van der Waals surface area contributed by atoms with Gasteiger partial charge in [0.25, 0.3) is 0 Å². The lowest BCUT2D eigenvalue weighted by atomic mass is 9.94. The van der Waals surface area contributed by atoms with E-state index in [4.69, 9.17) is 20.4 Å². The molecule has 0 aromatic heterocycles. The molecule has 4 N–H and O–H groups in total. The SMILES string of the molecule is CCC(C)(C)C.CCCC.Oc1ccc(O)cc1.Oc1ccc2ccc(O)cc2c1. The van der Waals surface area contributed by atoms with Crippen LogP contribution in [0.15, 0.2) is 60.7 Å². The van der Waals surface area contributed by atoms with E-state index in [0.717, 1.165) is 10.8 Å². The van der Waals surface area contributed by atoms with Crippen molar-refractivity contribution in [3.8, 4) is 23.0 Å². The maximum atomic E-state index is 9.14. The summed E-state index contributed by atoms with van der Waals surface area (Å²) in [5.74, 6) is 0.770. The van der Waals surface area contributed by atoms with Crippen molar-refractivity contribution in [1.82, 2.24) is 0 Å². The van der Waals surface area contributed by atoms with Gasteiger partial charge >= 0.3 is 0 Å². The second-order valence-corrected chi connectivity index (χ2v) is 8.15. The van der Waals surface area contributed by atoms with Gasteiger partial charge in [-0.15, -0.1) is 0 Å². The van der Waals surface area contributed by atoms with Crippen LogP contribution in [0.5, 0.6) is 23.0 Å². The van der Waals surface area contributed by atoms with Crippen LogP contribution in [0.4, 0.5) is 0 Å². The summed E-state index contributed by atoms with van der Waals surface area (Å²) in [4.78, 5) is 0. The lowest BCUT2D eigenvalue weighted by molar-refractivity contribution is 0.398. The number of benzene rings is 3. The first-order valence-corrected chi connectivity index (χ1v) is 10.4. The maximum Gasteiger partial charge on any atom is 0.116 e. The molecule has 3 rings (SSSR count). The zero-order valence-corrected chi connectivity index (χ0v) is 19.2. The molecule has 166 valence electrons. The molecule has 0 saturated carbocycles. The first-order chi connectivity index (χ1) is 14.0. The van der Waals surface area contributed by atoms with Crippen LogP contribution in [0.25, 0.3) is 10.8 Å². The number of phenolic OH excluding ortho intramolecular Hbond substituents is 4. The minimum Gasteiger partial charge on any atom is -0.508 e. The number of unbranched alkanes of at least 4 members (excludes halogenated alkanes) is 1. The Bertz CT molecular complexity index is 774. The van der Waals surface area contributed by atoms with E-state index >= 15 is 0 Å². The van der Waals surface area contributed by atoms with E-state index in [-0.39, 0.29) is 23.0 Å². The molecule has 4 nitrogen and oxygen atoms in total. The van der Waals surface area contributed by atoms with E-state index in [1.807, 2.05) is 12.1 Å². The number of hydrogen-bond acceptors (Lipinski definition) is 4. The summed E-state index contributed by atoms with van der Waals surface area (Å²) in [6.07, 6.45) is 3.91. The van der Waals surface area contributed by atoms with Crippen LogP contribution in [0, 0.1) is 5.41 Å². The third-order valence-electron chi connectivity index (χ3n) is 4.22. The molecule has 0 fully saturated rings. The molecule has 0 radical (unpaired) electrons. The van der Waals surface area contributed by atoms with Gasteiger partial charge in [-0.2, -0.15) is 0 Å². The third-order valence-corrected chi connectivity index (χ3v) is 4.22. The Hall–Kier alpha value is -2.88. The molecule has 0 bridgehead atoms. The standard InChI is InChI=1S/C10H8O2.C6H6O2.C6H14.C4H10/c11-9-3-1-7-2-4-10(12)6-8(7)5-9;7-5-1-2-6(8)4-3-5;1-5-6(2,3)4;1-3-4-2/h1-6,11-12H;1-4,7-8H;5H2,1-4H3;3-4H2,1-2H3. The zero-order chi connectivity index (χ0) is 23.2. The highest BCUT2D eigenvalue weighted by molar-refractivity contribution is 5.85. The molecule has 3 aromatic carbocycles. The smallest absolute Gasteiger partial charge is 0.116 e. The summed E-state index contributed by atoms with van der Waals surface area (Å²) in [5, 5.41) is 37.4. The first kappa shape index (κ1) is 27.1. The van der Waals surface area contributed by atoms with E-state index in [1.165, 1.54) is 43.5 Å². The predicted octanol–water partition coefficient (Wildman–Crippen LogP) is 7.60. The van der Waals surface area contributed by atoms with Gasteiger partial charge < -0.3 is 20.4 Å². The number of aromatic hydroxyl groups is 4. The zero-order valence-electron chi connectivity index (χ0n) is 19.2. The molecule has 0 saturated heterocycles. The Morgan fingerprint density at radius 1 is 0.533 bits per heavy atom. The average Bonchev–Trinajstić information content (AvgIpc) is 2.70. The minimum atomic E-state index is 0.169. The Balaban J connectivity index is 0.000000409. The van der Waals surface area contributed by atoms with Crippen LogP contribution >= 0.6 is 0 Å². The molecule has 0 atom stereocenters. The largest absolute Gasteiger partial charge is 0.508 e. The maximum absolute atomic E-state index is 9.14. The van der Waals surface area contributed by atoms with Crippen molar-refractivity contribution in [3.05, 3.63) is 60.7 Å². The number of fused-ring (bicyclic) bond motifs is 1. The molecule has 0 spiro atoms. The lowest BCUT2D eigenvalue weighted by Gasteiger charge is -2.12. The van der Waals surface area contributed by atoms with Gasteiger partial charge in [0, 0.05) is 0 Å². The van der Waals surface area contributed by atoms with Crippen molar-refractivity contribution in [2.45, 2.75) is 60.8 Å². The highest BCUT2D eigenvalue weighted by atomic mass is 16.3. The van der Waals surface area contributed by atoms with Crippen molar-refractivity contribution < 1.29 is 20.4 Å². The topological polar surface area (TPSA) is 80.9 Å². The Kier molecular flexibility index (Phi) is 12.8. The monoisotopic (exact) mass is 414 g/mol. The highest BCUT2D eigenvalue weighted by Crippen LogP contribution is 2.23. The summed E-state index contributed by atoms with van der Waals surface area (Å²) in [5.41, 5.74) is 0.542. The minimum absolute atomic E-state index is 0.169. The van der Waals surface area contributed by atoms with Crippen molar-refractivity contribution in [2.24, 2.45) is 5.41 Å². The lowest BCUT2D eigenvalue weighted by Crippen LogP contribution is -2.00. The van der Waals surface area contributed by atoms with Crippen LogP contribution in [0.3, 0.4) is 0 Å². The van der Waals surface area contributed by atoms with Gasteiger partial charge in [-0.3, -0.25) is 0 Å². The van der Waals surface area contributed by atoms with Gasteiger partial charge in [0.05, 0.1) is 0 Å². The van der Waals surface area contributed by atoms with Crippen LogP contribution in [-0.4, -0.2) is 20.4 Å². The second-order valence-electron chi connectivity index (χ2n) is 8.15. The summed E-state index contributed by atoms with van der Waals surface area (Å²) in [6.45, 7) is 13.3. The Labute approximate surface area is 181 Å². The van der Waals surface area contributed by atoms with E-state index in [0.29, 0.717) is 5.41 Å². The van der Waals surface area contributed by atoms with Crippen LogP contribution in [-0.2, 0) is 0 Å². The molecular weight excluding hydrogens is 376 g/mol. The number of rotatable bonds is 1. The van der Waals surface area contributed by atoms with Crippen molar-refractivity contribution in [1.29, 1.82) is 0 Å². The number of hydrogen-bond donors (Lipinski definition) is 4. The van der Waals surface area contributed by atoms with E-state index in [9.17, 15) is 0 Å². The van der Waals surface area contributed by atoms with Gasteiger partial charge in [-0.1, -0.05) is 72.9 Å². The van der Waals surface area contributed by atoms with Crippen LogP contribution in [0.2, 0.25) is 0 Å². The number of phenols is 4. The second kappa shape index (κ2) is 14.2. The van der Waals surface area contributed by atoms with Crippen molar-refractivity contribution in [3.63, 3.8) is 0 Å². The summed E-state index contributed by atoms with van der Waals surface area (Å²) >= 11 is 0. The van der Waals surface area contributed by atoms with E-state index < -0.39 is 0 Å². The van der Waals surface area contributed by atoms with Crippen LogP contribution < -0.4 is 0 Å². The van der Waals surface area contributed by atoms with E-state index in [1.54, 1.807) is 24.3 Å². The molecule has 4 heteroatoms. The van der Waals surface area contributed by atoms with Crippen molar-refractivity contribution >= 4 is 10.8 Å². The predicted molar refractivity (Wildman–Crippen MR) is 127 cm³/mol. The van der Waals surface area contributed by atoms with Crippen molar-refractivity contribution in [2.75, 3.05) is 0 Å². The van der Waals surface area contributed by atoms with Gasteiger partial charge in [-0.25, -0.2) is 0 Å². The van der Waals surface area contributed by atoms with Crippen LogP contribution in [0.1, 0.15) is 60.8 Å². The highest BCUT2D eigenvalue weighted by Gasteiger charge is 2.03. The Morgan fingerprint density at radius 3 is 1.10 bits per heavy atom. The average molecular weight is 415 g/mol. The molecule has 0 unspecified atom stereocenters. The Morgan fingerprint density at radius 2 is 0.833 bits per heavy atom.